The van der Waals surface area contributed by atoms with Crippen LogP contribution in [0.3, 0.4) is 0 Å². The number of aryl methyl sites for hydroxylation is 1. The van der Waals surface area contributed by atoms with Crippen molar-refractivity contribution >= 4 is 11.8 Å². The van der Waals surface area contributed by atoms with Crippen LogP contribution in [0, 0.1) is 6.92 Å². The monoisotopic (exact) mass is 288 g/mol. The van der Waals surface area contributed by atoms with Crippen molar-refractivity contribution in [2.75, 3.05) is 26.0 Å². The summed E-state index contributed by atoms with van der Waals surface area (Å²) < 4.78 is 5.40. The first-order valence-corrected chi connectivity index (χ1v) is 6.74. The van der Waals surface area contributed by atoms with Gasteiger partial charge >= 0.3 is 6.03 Å². The first-order chi connectivity index (χ1) is 10.1. The molecular formula is C15H20N4O2. The molecule has 0 saturated heterocycles. The Kier molecular flexibility index (Phi) is 4.94. The molecule has 0 aromatic carbocycles. The highest BCUT2D eigenvalue weighted by atomic mass is 16.3. The minimum Gasteiger partial charge on any atom is -0.468 e. The van der Waals surface area contributed by atoms with E-state index in [1.807, 2.05) is 50.2 Å². The van der Waals surface area contributed by atoms with Gasteiger partial charge in [0.15, 0.2) is 0 Å². The third kappa shape index (κ3) is 4.06. The molecule has 2 heterocycles. The fraction of sp³-hybridized carbons (Fsp3) is 0.333. The maximum absolute atomic E-state index is 11.9. The van der Waals surface area contributed by atoms with Crippen molar-refractivity contribution in [2.24, 2.45) is 0 Å². The van der Waals surface area contributed by atoms with Gasteiger partial charge in [0.1, 0.15) is 11.6 Å². The third-order valence-electron chi connectivity index (χ3n) is 3.19. The lowest BCUT2D eigenvalue weighted by Gasteiger charge is -2.22. The molecule has 21 heavy (non-hydrogen) atoms. The van der Waals surface area contributed by atoms with Crippen LogP contribution in [-0.2, 0) is 0 Å². The number of rotatable bonds is 5. The van der Waals surface area contributed by atoms with Crippen molar-refractivity contribution in [1.82, 2.24) is 15.2 Å². The van der Waals surface area contributed by atoms with Crippen LogP contribution in [0.5, 0.6) is 0 Å². The summed E-state index contributed by atoms with van der Waals surface area (Å²) in [5, 5.41) is 5.58. The van der Waals surface area contributed by atoms with E-state index in [1.165, 1.54) is 0 Å². The number of pyridine rings is 1. The molecule has 0 aliphatic rings. The molecule has 0 unspecified atom stereocenters. The summed E-state index contributed by atoms with van der Waals surface area (Å²) in [4.78, 5) is 18.1. The summed E-state index contributed by atoms with van der Waals surface area (Å²) in [6.07, 6.45) is 3.28. The van der Waals surface area contributed by atoms with Crippen LogP contribution in [0.2, 0.25) is 0 Å². The Morgan fingerprint density at radius 1 is 1.38 bits per heavy atom. The Morgan fingerprint density at radius 3 is 2.81 bits per heavy atom. The lowest BCUT2D eigenvalue weighted by atomic mass is 10.2. The molecule has 2 rings (SSSR count). The van der Waals surface area contributed by atoms with Gasteiger partial charge in [-0.15, -0.1) is 0 Å². The molecule has 0 saturated carbocycles. The average Bonchev–Trinajstić information content (AvgIpc) is 2.95. The maximum Gasteiger partial charge on any atom is 0.320 e. The molecule has 1 atom stereocenters. The molecule has 0 aliphatic carbocycles. The summed E-state index contributed by atoms with van der Waals surface area (Å²) >= 11 is 0. The van der Waals surface area contributed by atoms with Gasteiger partial charge in [0.2, 0.25) is 0 Å². The minimum absolute atomic E-state index is 0.0180. The molecule has 0 bridgehead atoms. The smallest absolute Gasteiger partial charge is 0.320 e. The summed E-state index contributed by atoms with van der Waals surface area (Å²) in [5.41, 5.74) is 0.919. The largest absolute Gasteiger partial charge is 0.468 e. The Hall–Kier alpha value is -2.34. The van der Waals surface area contributed by atoms with Gasteiger partial charge in [-0.2, -0.15) is 0 Å². The van der Waals surface area contributed by atoms with Crippen molar-refractivity contribution in [3.63, 3.8) is 0 Å². The highest BCUT2D eigenvalue weighted by molar-refractivity contribution is 5.88. The van der Waals surface area contributed by atoms with E-state index in [9.17, 15) is 4.79 Å². The number of aromatic nitrogens is 1. The molecule has 0 spiro atoms. The van der Waals surface area contributed by atoms with Crippen molar-refractivity contribution in [3.05, 3.63) is 48.0 Å². The number of carbonyl (C=O) groups excluding carboxylic acids is 1. The van der Waals surface area contributed by atoms with E-state index in [-0.39, 0.29) is 12.1 Å². The van der Waals surface area contributed by atoms with Gasteiger partial charge in [0, 0.05) is 12.7 Å². The van der Waals surface area contributed by atoms with Crippen LogP contribution in [0.15, 0.2) is 41.1 Å². The first-order valence-electron chi connectivity index (χ1n) is 6.74. The van der Waals surface area contributed by atoms with Gasteiger partial charge in [0.05, 0.1) is 12.3 Å². The zero-order valence-electron chi connectivity index (χ0n) is 12.5. The van der Waals surface area contributed by atoms with E-state index < -0.39 is 0 Å². The summed E-state index contributed by atoms with van der Waals surface area (Å²) in [5.74, 6) is 1.38. The molecule has 0 aliphatic heterocycles. The minimum atomic E-state index is -0.282. The van der Waals surface area contributed by atoms with E-state index >= 15 is 0 Å². The van der Waals surface area contributed by atoms with Crippen molar-refractivity contribution in [3.8, 4) is 0 Å². The number of nitrogens with zero attached hydrogens (tertiary/aromatic N) is 2. The SMILES string of the molecule is Cc1cccnc1NC(=O)NC[C@H](c1ccco1)N(C)C. The van der Waals surface area contributed by atoms with Crippen LogP contribution >= 0.6 is 0 Å². The van der Waals surface area contributed by atoms with Crippen molar-refractivity contribution < 1.29 is 9.21 Å². The predicted molar refractivity (Wildman–Crippen MR) is 81.1 cm³/mol. The van der Waals surface area contributed by atoms with E-state index in [0.29, 0.717) is 12.4 Å². The van der Waals surface area contributed by atoms with Crippen LogP contribution in [0.25, 0.3) is 0 Å². The number of anilines is 1. The topological polar surface area (TPSA) is 70.4 Å². The predicted octanol–water partition coefficient (Wildman–Crippen LogP) is 2.41. The highest BCUT2D eigenvalue weighted by Crippen LogP contribution is 2.17. The standard InChI is InChI=1S/C15H20N4O2/c1-11-6-4-8-16-14(11)18-15(20)17-10-12(19(2)3)13-7-5-9-21-13/h4-9,12H,10H2,1-3H3,(H2,16,17,18,20)/t12-/m1/s1. The zero-order chi connectivity index (χ0) is 15.2. The number of urea groups is 1. The molecule has 2 N–H and O–H groups in total. The molecule has 0 fully saturated rings. The van der Waals surface area contributed by atoms with Crippen LogP contribution in [-0.4, -0.2) is 36.6 Å². The maximum atomic E-state index is 11.9. The Labute approximate surface area is 124 Å². The summed E-state index contributed by atoms with van der Waals surface area (Å²) in [7, 11) is 3.88. The van der Waals surface area contributed by atoms with Gasteiger partial charge < -0.3 is 9.73 Å². The fourth-order valence-corrected chi connectivity index (χ4v) is 1.98. The lowest BCUT2D eigenvalue weighted by molar-refractivity contribution is 0.233. The van der Waals surface area contributed by atoms with Gasteiger partial charge in [0.25, 0.3) is 0 Å². The van der Waals surface area contributed by atoms with Crippen molar-refractivity contribution in [2.45, 2.75) is 13.0 Å². The summed E-state index contributed by atoms with van der Waals surface area (Å²) in [6.45, 7) is 2.34. The lowest BCUT2D eigenvalue weighted by Crippen LogP contribution is -2.37. The number of furan rings is 1. The Morgan fingerprint density at radius 2 is 2.19 bits per heavy atom. The molecule has 6 nitrogen and oxygen atoms in total. The second kappa shape index (κ2) is 6.90. The normalized spacial score (nSPS) is 12.2. The third-order valence-corrected chi connectivity index (χ3v) is 3.19. The molecule has 6 heteroatoms. The van der Waals surface area contributed by atoms with Gasteiger partial charge in [-0.05, 0) is 44.8 Å². The van der Waals surface area contributed by atoms with E-state index in [2.05, 4.69) is 15.6 Å². The van der Waals surface area contributed by atoms with Crippen LogP contribution in [0.4, 0.5) is 10.6 Å². The number of hydrogen-bond donors (Lipinski definition) is 2. The molecule has 2 aromatic heterocycles. The molecule has 0 radical (unpaired) electrons. The van der Waals surface area contributed by atoms with Gasteiger partial charge in [-0.25, -0.2) is 9.78 Å². The zero-order valence-corrected chi connectivity index (χ0v) is 12.5. The van der Waals surface area contributed by atoms with E-state index in [4.69, 9.17) is 4.42 Å². The number of likely N-dealkylation sites (N-methyl/N-ethyl adjacent to an activating group) is 1. The van der Waals surface area contributed by atoms with E-state index in [0.717, 1.165) is 11.3 Å². The second-order valence-electron chi connectivity index (χ2n) is 5.00. The number of nitrogens with one attached hydrogen (secondary N) is 2. The molecule has 2 amide bonds. The molecular weight excluding hydrogens is 268 g/mol. The highest BCUT2D eigenvalue weighted by Gasteiger charge is 2.18. The number of amides is 2. The average molecular weight is 288 g/mol. The van der Waals surface area contributed by atoms with Gasteiger partial charge in [-0.3, -0.25) is 10.2 Å². The fourth-order valence-electron chi connectivity index (χ4n) is 1.98. The van der Waals surface area contributed by atoms with E-state index in [1.54, 1.807) is 12.5 Å². The first kappa shape index (κ1) is 15.1. The second-order valence-corrected chi connectivity index (χ2v) is 5.00. The Bertz CT molecular complexity index is 581. The molecule has 2 aromatic rings. The van der Waals surface area contributed by atoms with Crippen molar-refractivity contribution in [1.29, 1.82) is 0 Å². The quantitative estimate of drug-likeness (QED) is 0.886. The Balaban J connectivity index is 1.92. The van der Waals surface area contributed by atoms with Gasteiger partial charge in [-0.1, -0.05) is 6.07 Å². The molecule has 112 valence electrons. The summed E-state index contributed by atoms with van der Waals surface area (Å²) in [6, 6.07) is 7.16. The number of hydrogen-bond acceptors (Lipinski definition) is 4. The van der Waals surface area contributed by atoms with Crippen LogP contribution < -0.4 is 10.6 Å². The van der Waals surface area contributed by atoms with Crippen LogP contribution in [0.1, 0.15) is 17.4 Å². The number of carbonyl (C=O) groups is 1.